The first-order chi connectivity index (χ1) is 10.2. The lowest BCUT2D eigenvalue weighted by atomic mass is 10.0. The number of thioether (sulfide) groups is 1. The van der Waals surface area contributed by atoms with Gasteiger partial charge in [0.25, 0.3) is 0 Å². The second-order valence-corrected chi connectivity index (χ2v) is 7.46. The molecule has 1 aliphatic heterocycles. The first kappa shape index (κ1) is 16.9. The minimum Gasteiger partial charge on any atom is -0.311 e. The summed E-state index contributed by atoms with van der Waals surface area (Å²) >= 11 is 1.98. The highest BCUT2D eigenvalue weighted by molar-refractivity contribution is 7.99. The van der Waals surface area contributed by atoms with Gasteiger partial charge in [-0.3, -0.25) is 4.90 Å². The Bertz CT molecular complexity index is 395. The van der Waals surface area contributed by atoms with Gasteiger partial charge in [-0.2, -0.15) is 11.8 Å². The average Bonchev–Trinajstić information content (AvgIpc) is 2.53. The minimum atomic E-state index is 0.597. The van der Waals surface area contributed by atoms with Gasteiger partial charge in [0.2, 0.25) is 0 Å². The smallest absolute Gasteiger partial charge is 0.0236 e. The Kier molecular flexibility index (Phi) is 7.08. The van der Waals surface area contributed by atoms with Gasteiger partial charge in [0.1, 0.15) is 0 Å². The Morgan fingerprint density at radius 1 is 1.33 bits per heavy atom. The molecule has 0 radical (unpaired) electrons. The van der Waals surface area contributed by atoms with Crippen molar-refractivity contribution in [1.82, 2.24) is 10.2 Å². The fourth-order valence-electron chi connectivity index (χ4n) is 3.11. The molecule has 1 saturated heterocycles. The zero-order chi connectivity index (χ0) is 15.1. The molecule has 118 valence electrons. The fraction of sp³-hybridized carbons (Fsp3) is 0.667. The molecule has 0 amide bonds. The van der Waals surface area contributed by atoms with E-state index in [1.165, 1.54) is 31.5 Å². The van der Waals surface area contributed by atoms with Gasteiger partial charge in [-0.1, -0.05) is 44.2 Å². The molecular formula is C18H30N2S. The summed E-state index contributed by atoms with van der Waals surface area (Å²) in [6, 6.07) is 12.2. The zero-order valence-corrected chi connectivity index (χ0v) is 14.5. The third kappa shape index (κ3) is 5.32. The van der Waals surface area contributed by atoms with E-state index in [9.17, 15) is 0 Å². The molecule has 2 nitrogen and oxygen atoms in total. The molecule has 1 fully saturated rings. The monoisotopic (exact) mass is 306 g/mol. The van der Waals surface area contributed by atoms with Crippen molar-refractivity contribution in [2.45, 2.75) is 50.4 Å². The molecule has 0 saturated carbocycles. The second kappa shape index (κ2) is 8.82. The summed E-state index contributed by atoms with van der Waals surface area (Å²) < 4.78 is 0. The normalized spacial score (nSPS) is 24.9. The van der Waals surface area contributed by atoms with E-state index in [-0.39, 0.29) is 0 Å². The molecule has 0 bridgehead atoms. The molecule has 1 heterocycles. The molecule has 3 atom stereocenters. The molecule has 2 rings (SSSR count). The minimum absolute atomic E-state index is 0.597. The van der Waals surface area contributed by atoms with Crippen LogP contribution in [0.25, 0.3) is 0 Å². The maximum absolute atomic E-state index is 3.75. The van der Waals surface area contributed by atoms with E-state index < -0.39 is 0 Å². The fourth-order valence-corrected chi connectivity index (χ4v) is 3.45. The largest absolute Gasteiger partial charge is 0.311 e. The molecule has 0 aromatic heterocycles. The number of hydrogen-bond donors (Lipinski definition) is 1. The van der Waals surface area contributed by atoms with Crippen LogP contribution in [0.3, 0.4) is 0 Å². The van der Waals surface area contributed by atoms with Crippen molar-refractivity contribution in [3.8, 4) is 0 Å². The quantitative estimate of drug-likeness (QED) is 0.831. The van der Waals surface area contributed by atoms with Crippen molar-refractivity contribution in [2.75, 3.05) is 25.9 Å². The van der Waals surface area contributed by atoms with Gasteiger partial charge in [0.05, 0.1) is 0 Å². The van der Waals surface area contributed by atoms with Crippen molar-refractivity contribution in [3.05, 3.63) is 35.9 Å². The molecule has 0 spiro atoms. The highest BCUT2D eigenvalue weighted by Gasteiger charge is 2.26. The van der Waals surface area contributed by atoms with E-state index in [1.54, 1.807) is 0 Å². The number of nitrogens with zero attached hydrogens (tertiary/aromatic N) is 1. The predicted octanol–water partition coefficient (Wildman–Crippen LogP) is 3.42. The Balaban J connectivity index is 1.88. The first-order valence-electron chi connectivity index (χ1n) is 8.27. The maximum Gasteiger partial charge on any atom is 0.0236 e. The summed E-state index contributed by atoms with van der Waals surface area (Å²) in [5, 5.41) is 4.52. The second-order valence-electron chi connectivity index (χ2n) is 6.19. The molecule has 1 N–H and O–H groups in total. The van der Waals surface area contributed by atoms with E-state index >= 15 is 0 Å². The van der Waals surface area contributed by atoms with Crippen LogP contribution in [-0.4, -0.2) is 48.1 Å². The van der Waals surface area contributed by atoms with Crippen LogP contribution < -0.4 is 5.32 Å². The van der Waals surface area contributed by atoms with Gasteiger partial charge < -0.3 is 5.32 Å². The molecule has 1 aromatic carbocycles. The average molecular weight is 307 g/mol. The zero-order valence-electron chi connectivity index (χ0n) is 13.7. The van der Waals surface area contributed by atoms with Crippen molar-refractivity contribution in [1.29, 1.82) is 0 Å². The molecule has 3 heteroatoms. The van der Waals surface area contributed by atoms with Gasteiger partial charge >= 0.3 is 0 Å². The summed E-state index contributed by atoms with van der Waals surface area (Å²) in [7, 11) is 0. The van der Waals surface area contributed by atoms with Crippen LogP contribution in [0.2, 0.25) is 0 Å². The third-order valence-corrected chi connectivity index (χ3v) is 5.68. The summed E-state index contributed by atoms with van der Waals surface area (Å²) in [5.74, 6) is 0. The van der Waals surface area contributed by atoms with Crippen LogP contribution >= 0.6 is 11.8 Å². The van der Waals surface area contributed by atoms with E-state index in [0.717, 1.165) is 18.2 Å². The number of benzene rings is 1. The maximum atomic E-state index is 3.75. The van der Waals surface area contributed by atoms with E-state index in [1.807, 2.05) is 11.8 Å². The predicted molar refractivity (Wildman–Crippen MR) is 95.2 cm³/mol. The molecule has 0 aliphatic carbocycles. The Labute approximate surface area is 134 Å². The van der Waals surface area contributed by atoms with Crippen molar-refractivity contribution < 1.29 is 0 Å². The molecule has 21 heavy (non-hydrogen) atoms. The van der Waals surface area contributed by atoms with E-state index in [2.05, 4.69) is 60.7 Å². The molecular weight excluding hydrogens is 276 g/mol. The van der Waals surface area contributed by atoms with Gasteiger partial charge in [-0.25, -0.2) is 0 Å². The van der Waals surface area contributed by atoms with E-state index in [0.29, 0.717) is 12.1 Å². The Morgan fingerprint density at radius 2 is 2.10 bits per heavy atom. The van der Waals surface area contributed by atoms with Crippen LogP contribution in [0, 0.1) is 0 Å². The van der Waals surface area contributed by atoms with Crippen LogP contribution in [0.4, 0.5) is 0 Å². The topological polar surface area (TPSA) is 15.3 Å². The van der Waals surface area contributed by atoms with Crippen molar-refractivity contribution >= 4 is 11.8 Å². The number of piperazine rings is 1. The lowest BCUT2D eigenvalue weighted by Crippen LogP contribution is -2.57. The molecule has 1 aromatic rings. The SMILES string of the molecule is CCC1CNC(Cc2ccccc2)CN1CCC(C)SC. The Hall–Kier alpha value is -0.510. The van der Waals surface area contributed by atoms with Crippen LogP contribution in [0.15, 0.2) is 30.3 Å². The van der Waals surface area contributed by atoms with Gasteiger partial charge in [0.15, 0.2) is 0 Å². The van der Waals surface area contributed by atoms with Gasteiger partial charge in [-0.05, 0) is 37.6 Å². The van der Waals surface area contributed by atoms with Crippen LogP contribution in [0.5, 0.6) is 0 Å². The van der Waals surface area contributed by atoms with E-state index in [4.69, 9.17) is 0 Å². The summed E-state index contributed by atoms with van der Waals surface area (Å²) in [5.41, 5.74) is 1.45. The summed E-state index contributed by atoms with van der Waals surface area (Å²) in [4.78, 5) is 2.72. The summed E-state index contributed by atoms with van der Waals surface area (Å²) in [6.45, 7) is 8.23. The summed E-state index contributed by atoms with van der Waals surface area (Å²) in [6.07, 6.45) is 5.91. The lowest BCUT2D eigenvalue weighted by molar-refractivity contribution is 0.125. The van der Waals surface area contributed by atoms with Gasteiger partial charge in [-0.15, -0.1) is 0 Å². The van der Waals surface area contributed by atoms with Crippen molar-refractivity contribution in [2.24, 2.45) is 0 Å². The first-order valence-corrected chi connectivity index (χ1v) is 9.55. The number of rotatable bonds is 7. The number of hydrogen-bond acceptors (Lipinski definition) is 3. The highest BCUT2D eigenvalue weighted by Crippen LogP contribution is 2.17. The highest BCUT2D eigenvalue weighted by atomic mass is 32.2. The lowest BCUT2D eigenvalue weighted by Gasteiger charge is -2.40. The van der Waals surface area contributed by atoms with Crippen LogP contribution in [0.1, 0.15) is 32.3 Å². The van der Waals surface area contributed by atoms with Crippen molar-refractivity contribution in [3.63, 3.8) is 0 Å². The third-order valence-electron chi connectivity index (χ3n) is 4.63. The van der Waals surface area contributed by atoms with Crippen LogP contribution in [-0.2, 0) is 6.42 Å². The molecule has 3 unspecified atom stereocenters. The standard InChI is InChI=1S/C18H30N2S/c1-4-18-13-19-17(12-16-8-6-5-7-9-16)14-20(18)11-10-15(2)21-3/h5-9,15,17-19H,4,10-14H2,1-3H3. The Morgan fingerprint density at radius 3 is 2.76 bits per heavy atom. The van der Waals surface area contributed by atoms with Gasteiger partial charge in [0, 0.05) is 30.4 Å². The number of nitrogens with one attached hydrogen (secondary N) is 1. The molecule has 1 aliphatic rings.